The van der Waals surface area contributed by atoms with Crippen molar-refractivity contribution in [1.82, 2.24) is 4.98 Å². The van der Waals surface area contributed by atoms with E-state index >= 15 is 0 Å². The summed E-state index contributed by atoms with van der Waals surface area (Å²) < 4.78 is 9.92. The van der Waals surface area contributed by atoms with Crippen LogP contribution in [0, 0.1) is 6.92 Å². The van der Waals surface area contributed by atoms with Crippen LogP contribution in [-0.4, -0.2) is 30.1 Å². The molecule has 0 saturated carbocycles. The molecule has 1 N–H and O–H groups in total. The number of anilines is 1. The van der Waals surface area contributed by atoms with Gasteiger partial charge in [0.1, 0.15) is 5.70 Å². The zero-order valence-electron chi connectivity index (χ0n) is 16.1. The first-order valence-electron chi connectivity index (χ1n) is 9.15. The molecule has 0 saturated heterocycles. The highest BCUT2D eigenvalue weighted by Gasteiger charge is 2.15. The van der Waals surface area contributed by atoms with E-state index in [9.17, 15) is 9.59 Å². The average molecular weight is 378 g/mol. The van der Waals surface area contributed by atoms with Gasteiger partial charge in [-0.05, 0) is 44.5 Å². The fraction of sp³-hybridized carbons (Fsp3) is 0.227. The van der Waals surface area contributed by atoms with Crippen molar-refractivity contribution in [1.29, 1.82) is 0 Å². The standard InChI is InChI=1S/C22H22N2O4/c1-4-27-21(25)13-20(22(26)28-5-2)23-15-10-11-17-14(3)16-8-6-7-9-18(16)24-19(17)12-15/h6-13,23H,4-5H2,1-3H3. The minimum absolute atomic E-state index is 0.0113. The Morgan fingerprint density at radius 3 is 2.46 bits per heavy atom. The summed E-state index contributed by atoms with van der Waals surface area (Å²) in [6.45, 7) is 5.88. The van der Waals surface area contributed by atoms with Crippen LogP contribution in [0.25, 0.3) is 21.8 Å². The number of nitrogens with one attached hydrogen (secondary N) is 1. The number of ether oxygens (including phenoxy) is 2. The molecule has 0 aliphatic carbocycles. The topological polar surface area (TPSA) is 77.5 Å². The molecule has 0 fully saturated rings. The molecular formula is C22H22N2O4. The predicted molar refractivity (Wildman–Crippen MR) is 109 cm³/mol. The highest BCUT2D eigenvalue weighted by Crippen LogP contribution is 2.27. The van der Waals surface area contributed by atoms with E-state index in [-0.39, 0.29) is 18.9 Å². The lowest BCUT2D eigenvalue weighted by Gasteiger charge is -2.12. The SMILES string of the molecule is CCOC(=O)C=C(Nc1ccc2c(C)c3ccccc3nc2c1)C(=O)OCC. The van der Waals surface area contributed by atoms with E-state index in [1.54, 1.807) is 13.8 Å². The second-order valence-electron chi connectivity index (χ2n) is 6.14. The third kappa shape index (κ3) is 4.11. The Balaban J connectivity index is 2.00. The smallest absolute Gasteiger partial charge is 0.355 e. The molecule has 0 bridgehead atoms. The molecule has 28 heavy (non-hydrogen) atoms. The van der Waals surface area contributed by atoms with Crippen molar-refractivity contribution in [3.8, 4) is 0 Å². The fourth-order valence-corrected chi connectivity index (χ4v) is 2.99. The molecule has 0 aliphatic rings. The number of carbonyl (C=O) groups excluding carboxylic acids is 2. The average Bonchev–Trinajstić information content (AvgIpc) is 2.68. The molecule has 2 aromatic carbocycles. The Bertz CT molecular complexity index is 1070. The zero-order chi connectivity index (χ0) is 20.1. The number of rotatable bonds is 6. The summed E-state index contributed by atoms with van der Waals surface area (Å²) in [5.74, 6) is -1.24. The number of fused-ring (bicyclic) bond motifs is 2. The number of hydrogen-bond donors (Lipinski definition) is 1. The Hall–Kier alpha value is -3.41. The molecule has 3 rings (SSSR count). The van der Waals surface area contributed by atoms with Gasteiger partial charge < -0.3 is 14.8 Å². The minimum Gasteiger partial charge on any atom is -0.463 e. The number of benzene rings is 2. The summed E-state index contributed by atoms with van der Waals surface area (Å²) in [5.41, 5.74) is 3.47. The third-order valence-electron chi connectivity index (χ3n) is 4.27. The van der Waals surface area contributed by atoms with Crippen molar-refractivity contribution in [2.75, 3.05) is 18.5 Å². The molecule has 1 aromatic heterocycles. The third-order valence-corrected chi connectivity index (χ3v) is 4.27. The highest BCUT2D eigenvalue weighted by molar-refractivity contribution is 6.01. The zero-order valence-corrected chi connectivity index (χ0v) is 16.1. The molecule has 0 radical (unpaired) electrons. The van der Waals surface area contributed by atoms with Gasteiger partial charge in [-0.15, -0.1) is 0 Å². The molecule has 0 spiro atoms. The van der Waals surface area contributed by atoms with E-state index in [1.807, 2.05) is 42.5 Å². The van der Waals surface area contributed by atoms with Gasteiger partial charge in [0.25, 0.3) is 0 Å². The lowest BCUT2D eigenvalue weighted by molar-refractivity contribution is -0.140. The number of aryl methyl sites for hydroxylation is 1. The number of aromatic nitrogens is 1. The first-order valence-corrected chi connectivity index (χ1v) is 9.15. The second kappa shape index (κ2) is 8.52. The van der Waals surface area contributed by atoms with E-state index in [0.717, 1.165) is 33.4 Å². The van der Waals surface area contributed by atoms with E-state index < -0.39 is 11.9 Å². The van der Waals surface area contributed by atoms with Crippen molar-refractivity contribution >= 4 is 39.4 Å². The summed E-state index contributed by atoms with van der Waals surface area (Å²) in [6.07, 6.45) is 1.10. The molecule has 3 aromatic rings. The lowest BCUT2D eigenvalue weighted by atomic mass is 10.0. The van der Waals surface area contributed by atoms with Gasteiger partial charge in [-0.1, -0.05) is 24.3 Å². The summed E-state index contributed by atoms with van der Waals surface area (Å²) in [5, 5.41) is 5.08. The van der Waals surface area contributed by atoms with Crippen LogP contribution in [0.5, 0.6) is 0 Å². The van der Waals surface area contributed by atoms with Crippen LogP contribution in [-0.2, 0) is 19.1 Å². The number of carbonyl (C=O) groups is 2. The molecule has 6 nitrogen and oxygen atoms in total. The maximum Gasteiger partial charge on any atom is 0.355 e. The van der Waals surface area contributed by atoms with E-state index in [1.165, 1.54) is 0 Å². The summed E-state index contributed by atoms with van der Waals surface area (Å²) in [7, 11) is 0. The summed E-state index contributed by atoms with van der Waals surface area (Å²) in [4.78, 5) is 28.7. The lowest BCUT2D eigenvalue weighted by Crippen LogP contribution is -2.17. The summed E-state index contributed by atoms with van der Waals surface area (Å²) in [6, 6.07) is 13.6. The molecule has 0 unspecified atom stereocenters. The first kappa shape index (κ1) is 19.4. The predicted octanol–water partition coefficient (Wildman–Crippen LogP) is 4.12. The van der Waals surface area contributed by atoms with Crippen molar-refractivity contribution in [3.05, 3.63) is 59.8 Å². The minimum atomic E-state index is -0.627. The van der Waals surface area contributed by atoms with E-state index in [2.05, 4.69) is 12.2 Å². The maximum atomic E-state index is 12.2. The van der Waals surface area contributed by atoms with Crippen LogP contribution in [0.15, 0.2) is 54.2 Å². The molecular weight excluding hydrogens is 356 g/mol. The Labute approximate surface area is 163 Å². The van der Waals surface area contributed by atoms with E-state index in [4.69, 9.17) is 14.5 Å². The van der Waals surface area contributed by atoms with Gasteiger partial charge in [0.05, 0.1) is 30.3 Å². The van der Waals surface area contributed by atoms with Crippen LogP contribution in [0.1, 0.15) is 19.4 Å². The molecule has 0 aliphatic heterocycles. The van der Waals surface area contributed by atoms with Gasteiger partial charge in [-0.2, -0.15) is 0 Å². The van der Waals surface area contributed by atoms with Crippen LogP contribution in [0.3, 0.4) is 0 Å². The number of pyridine rings is 1. The monoisotopic (exact) mass is 378 g/mol. The van der Waals surface area contributed by atoms with Crippen LogP contribution < -0.4 is 5.32 Å². The van der Waals surface area contributed by atoms with Crippen molar-refractivity contribution in [2.24, 2.45) is 0 Å². The van der Waals surface area contributed by atoms with Crippen molar-refractivity contribution < 1.29 is 19.1 Å². The van der Waals surface area contributed by atoms with Gasteiger partial charge in [0.2, 0.25) is 0 Å². The Morgan fingerprint density at radius 1 is 1.00 bits per heavy atom. The van der Waals surface area contributed by atoms with Crippen LogP contribution in [0.4, 0.5) is 5.69 Å². The highest BCUT2D eigenvalue weighted by atomic mass is 16.5. The van der Waals surface area contributed by atoms with Crippen molar-refractivity contribution in [2.45, 2.75) is 20.8 Å². The normalized spacial score (nSPS) is 11.5. The van der Waals surface area contributed by atoms with Gasteiger partial charge in [0.15, 0.2) is 0 Å². The largest absolute Gasteiger partial charge is 0.463 e. The molecule has 144 valence electrons. The Kier molecular flexibility index (Phi) is 5.89. The van der Waals surface area contributed by atoms with Gasteiger partial charge >= 0.3 is 11.9 Å². The molecule has 0 amide bonds. The number of nitrogens with zero attached hydrogens (tertiary/aromatic N) is 1. The van der Waals surface area contributed by atoms with Gasteiger partial charge in [0, 0.05) is 16.5 Å². The van der Waals surface area contributed by atoms with Crippen LogP contribution >= 0.6 is 0 Å². The van der Waals surface area contributed by atoms with Gasteiger partial charge in [-0.3, -0.25) is 0 Å². The maximum absolute atomic E-state index is 12.2. The first-order chi connectivity index (χ1) is 13.5. The van der Waals surface area contributed by atoms with E-state index in [0.29, 0.717) is 5.69 Å². The quantitative estimate of drug-likeness (QED) is 0.395. The Morgan fingerprint density at radius 2 is 1.71 bits per heavy atom. The number of hydrogen-bond acceptors (Lipinski definition) is 6. The molecule has 6 heteroatoms. The van der Waals surface area contributed by atoms with Gasteiger partial charge in [-0.25, -0.2) is 14.6 Å². The molecule has 1 heterocycles. The van der Waals surface area contributed by atoms with Crippen LogP contribution in [0.2, 0.25) is 0 Å². The number of esters is 2. The fourth-order valence-electron chi connectivity index (χ4n) is 2.99. The second-order valence-corrected chi connectivity index (χ2v) is 6.14. The summed E-state index contributed by atoms with van der Waals surface area (Å²) >= 11 is 0. The van der Waals surface area contributed by atoms with Crippen molar-refractivity contribution in [3.63, 3.8) is 0 Å². The number of para-hydroxylation sites is 1. The molecule has 0 atom stereocenters.